The first kappa shape index (κ1) is 12.8. The molecule has 0 bridgehead atoms. The highest BCUT2D eigenvalue weighted by Crippen LogP contribution is 2.32. The van der Waals surface area contributed by atoms with Crippen LogP contribution in [0, 0.1) is 5.92 Å². The van der Waals surface area contributed by atoms with Crippen molar-refractivity contribution in [3.05, 3.63) is 41.5 Å². The Labute approximate surface area is 124 Å². The number of hydrogen-bond acceptors (Lipinski definition) is 4. The molecule has 2 atom stereocenters. The quantitative estimate of drug-likeness (QED) is 0.908. The number of benzene rings is 1. The van der Waals surface area contributed by atoms with Gasteiger partial charge in [0, 0.05) is 13.0 Å². The second-order valence-corrected chi connectivity index (χ2v) is 6.05. The van der Waals surface area contributed by atoms with Gasteiger partial charge >= 0.3 is 0 Å². The van der Waals surface area contributed by atoms with Gasteiger partial charge in [-0.25, -0.2) is 0 Å². The predicted molar refractivity (Wildman–Crippen MR) is 79.3 cm³/mol. The molecule has 1 aromatic carbocycles. The Hall–Kier alpha value is -1.88. The molecule has 2 unspecified atom stereocenters. The van der Waals surface area contributed by atoms with Gasteiger partial charge in [0.2, 0.25) is 0 Å². The van der Waals surface area contributed by atoms with Crippen molar-refractivity contribution in [3.8, 4) is 5.75 Å². The second kappa shape index (κ2) is 5.15. The number of nitrogens with two attached hydrogens (primary N) is 1. The van der Waals surface area contributed by atoms with Crippen molar-refractivity contribution >= 4 is 0 Å². The number of aromatic nitrogens is 3. The smallest absolute Gasteiger partial charge is 0.139 e. The van der Waals surface area contributed by atoms with Crippen LogP contribution in [-0.2, 0) is 19.4 Å². The van der Waals surface area contributed by atoms with Gasteiger partial charge in [-0.1, -0.05) is 18.2 Å². The maximum Gasteiger partial charge on any atom is 0.139 e. The molecule has 21 heavy (non-hydrogen) atoms. The highest BCUT2D eigenvalue weighted by molar-refractivity contribution is 5.36. The lowest BCUT2D eigenvalue weighted by molar-refractivity contribution is 0.250. The molecular formula is C16H20N4O. The molecule has 4 rings (SSSR count). The maximum atomic E-state index is 5.90. The third-order valence-corrected chi connectivity index (χ3v) is 4.65. The van der Waals surface area contributed by atoms with E-state index in [1.54, 1.807) is 0 Å². The summed E-state index contributed by atoms with van der Waals surface area (Å²) in [5.74, 6) is 4.01. The normalized spacial score (nSPS) is 24.0. The molecule has 2 aromatic rings. The summed E-state index contributed by atoms with van der Waals surface area (Å²) < 4.78 is 8.18. The average Bonchev–Trinajstić information content (AvgIpc) is 2.97. The van der Waals surface area contributed by atoms with Crippen molar-refractivity contribution in [1.82, 2.24) is 14.8 Å². The SMILES string of the molecule is NCC1CCc2nnc(C3COc4ccccc4C3)n2C1. The first-order valence-corrected chi connectivity index (χ1v) is 7.68. The molecule has 5 heteroatoms. The fourth-order valence-corrected chi connectivity index (χ4v) is 3.40. The maximum absolute atomic E-state index is 5.90. The fraction of sp³-hybridized carbons (Fsp3) is 0.500. The van der Waals surface area contributed by atoms with Gasteiger partial charge in [-0.3, -0.25) is 0 Å². The van der Waals surface area contributed by atoms with Gasteiger partial charge in [-0.15, -0.1) is 10.2 Å². The van der Waals surface area contributed by atoms with Crippen LogP contribution in [-0.4, -0.2) is 27.9 Å². The van der Waals surface area contributed by atoms with Gasteiger partial charge in [0.1, 0.15) is 17.4 Å². The van der Waals surface area contributed by atoms with E-state index >= 15 is 0 Å². The average molecular weight is 284 g/mol. The molecule has 0 saturated carbocycles. The van der Waals surface area contributed by atoms with E-state index in [0.717, 1.165) is 49.8 Å². The molecule has 0 fully saturated rings. The first-order chi connectivity index (χ1) is 10.3. The van der Waals surface area contributed by atoms with Gasteiger partial charge in [0.25, 0.3) is 0 Å². The van der Waals surface area contributed by atoms with Crippen molar-refractivity contribution in [2.45, 2.75) is 31.7 Å². The largest absolute Gasteiger partial charge is 0.493 e. The summed E-state index contributed by atoms with van der Waals surface area (Å²) in [6.45, 7) is 2.37. The molecule has 110 valence electrons. The molecule has 1 aromatic heterocycles. The van der Waals surface area contributed by atoms with Crippen LogP contribution in [0.5, 0.6) is 5.75 Å². The van der Waals surface area contributed by atoms with Gasteiger partial charge in [0.15, 0.2) is 0 Å². The van der Waals surface area contributed by atoms with Crippen molar-refractivity contribution < 1.29 is 4.74 Å². The number of nitrogens with zero attached hydrogens (tertiary/aromatic N) is 3. The summed E-state index contributed by atoms with van der Waals surface area (Å²) in [5, 5.41) is 8.83. The van der Waals surface area contributed by atoms with Crippen LogP contribution < -0.4 is 10.5 Å². The summed E-state index contributed by atoms with van der Waals surface area (Å²) in [7, 11) is 0. The van der Waals surface area contributed by atoms with E-state index in [1.165, 1.54) is 5.56 Å². The lowest BCUT2D eigenvalue weighted by Crippen LogP contribution is -2.30. The van der Waals surface area contributed by atoms with E-state index < -0.39 is 0 Å². The van der Waals surface area contributed by atoms with Gasteiger partial charge in [0.05, 0.1) is 12.5 Å². The van der Waals surface area contributed by atoms with Crippen LogP contribution in [0.1, 0.15) is 29.6 Å². The van der Waals surface area contributed by atoms with Crippen LogP contribution in [0.15, 0.2) is 24.3 Å². The van der Waals surface area contributed by atoms with Crippen molar-refractivity contribution in [2.75, 3.05) is 13.2 Å². The molecule has 2 aliphatic heterocycles. The van der Waals surface area contributed by atoms with Crippen LogP contribution in [0.4, 0.5) is 0 Å². The third-order valence-electron chi connectivity index (χ3n) is 4.65. The zero-order valence-electron chi connectivity index (χ0n) is 12.0. The van der Waals surface area contributed by atoms with E-state index in [1.807, 2.05) is 12.1 Å². The highest BCUT2D eigenvalue weighted by atomic mass is 16.5. The van der Waals surface area contributed by atoms with Crippen molar-refractivity contribution in [1.29, 1.82) is 0 Å². The minimum atomic E-state index is 0.290. The summed E-state index contributed by atoms with van der Waals surface area (Å²) in [6, 6.07) is 8.26. The van der Waals surface area contributed by atoms with E-state index in [0.29, 0.717) is 12.5 Å². The monoisotopic (exact) mass is 284 g/mol. The molecule has 2 aliphatic rings. The molecule has 3 heterocycles. The van der Waals surface area contributed by atoms with Crippen molar-refractivity contribution in [2.24, 2.45) is 11.7 Å². The summed E-state index contributed by atoms with van der Waals surface area (Å²) in [4.78, 5) is 0. The fourth-order valence-electron chi connectivity index (χ4n) is 3.40. The standard InChI is InChI=1S/C16H20N4O/c17-8-11-5-6-15-18-19-16(20(15)9-11)13-7-12-3-1-2-4-14(12)21-10-13/h1-4,11,13H,5-10,17H2. The molecule has 0 spiro atoms. The highest BCUT2D eigenvalue weighted by Gasteiger charge is 2.29. The molecule has 0 aliphatic carbocycles. The number of ether oxygens (including phenoxy) is 1. The first-order valence-electron chi connectivity index (χ1n) is 7.68. The summed E-state index contributed by atoms with van der Waals surface area (Å²) in [6.07, 6.45) is 3.08. The molecular weight excluding hydrogens is 264 g/mol. The van der Waals surface area contributed by atoms with E-state index in [4.69, 9.17) is 10.5 Å². The van der Waals surface area contributed by atoms with Crippen LogP contribution >= 0.6 is 0 Å². The molecule has 0 amide bonds. The lowest BCUT2D eigenvalue weighted by Gasteiger charge is -2.28. The van der Waals surface area contributed by atoms with Gasteiger partial charge in [-0.05, 0) is 36.9 Å². The minimum absolute atomic E-state index is 0.290. The molecule has 2 N–H and O–H groups in total. The van der Waals surface area contributed by atoms with E-state index in [9.17, 15) is 0 Å². The van der Waals surface area contributed by atoms with Crippen LogP contribution in [0.2, 0.25) is 0 Å². The Morgan fingerprint density at radius 2 is 2.19 bits per heavy atom. The Morgan fingerprint density at radius 1 is 1.29 bits per heavy atom. The number of fused-ring (bicyclic) bond motifs is 2. The molecule has 0 saturated heterocycles. The Balaban J connectivity index is 1.63. The molecule has 0 radical (unpaired) electrons. The van der Waals surface area contributed by atoms with Gasteiger partial charge < -0.3 is 15.0 Å². The third kappa shape index (κ3) is 2.21. The zero-order valence-corrected chi connectivity index (χ0v) is 12.0. The topological polar surface area (TPSA) is 66.0 Å². The molecule has 5 nitrogen and oxygen atoms in total. The number of aryl methyl sites for hydroxylation is 1. The van der Waals surface area contributed by atoms with Gasteiger partial charge in [-0.2, -0.15) is 0 Å². The number of hydrogen-bond donors (Lipinski definition) is 1. The van der Waals surface area contributed by atoms with E-state index in [2.05, 4.69) is 26.9 Å². The van der Waals surface area contributed by atoms with Crippen LogP contribution in [0.3, 0.4) is 0 Å². The Bertz CT molecular complexity index is 651. The minimum Gasteiger partial charge on any atom is -0.493 e. The lowest BCUT2D eigenvalue weighted by atomic mass is 9.94. The van der Waals surface area contributed by atoms with Crippen molar-refractivity contribution in [3.63, 3.8) is 0 Å². The summed E-state index contributed by atoms with van der Waals surface area (Å²) >= 11 is 0. The second-order valence-electron chi connectivity index (χ2n) is 6.05. The number of para-hydroxylation sites is 1. The summed E-state index contributed by atoms with van der Waals surface area (Å²) in [5.41, 5.74) is 7.10. The number of rotatable bonds is 2. The zero-order chi connectivity index (χ0) is 14.2. The predicted octanol–water partition coefficient (Wildman–Crippen LogP) is 1.52. The van der Waals surface area contributed by atoms with Crippen LogP contribution in [0.25, 0.3) is 0 Å². The Morgan fingerprint density at radius 3 is 3.10 bits per heavy atom. The Kier molecular flexibility index (Phi) is 3.15. The van der Waals surface area contributed by atoms with E-state index in [-0.39, 0.29) is 5.92 Å².